The van der Waals surface area contributed by atoms with Crippen LogP contribution in [0.15, 0.2) is 157 Å². The number of hydrogen-bond acceptors (Lipinski definition) is 0. The Kier molecular flexibility index (Phi) is 8.77. The Morgan fingerprint density at radius 2 is 1.40 bits per heavy atom. The van der Waals surface area contributed by atoms with Gasteiger partial charge >= 0.3 is 0 Å². The second kappa shape index (κ2) is 13.4. The summed E-state index contributed by atoms with van der Waals surface area (Å²) in [6.07, 6.45) is 23.4. The van der Waals surface area contributed by atoms with Gasteiger partial charge in [0.2, 0.25) is 0 Å². The molecule has 1 heteroatoms. The summed E-state index contributed by atoms with van der Waals surface area (Å²) in [6, 6.07) is 38.6. The molecule has 222 valence electrons. The summed E-state index contributed by atoms with van der Waals surface area (Å²) in [5.41, 5.74) is 7.36. The zero-order chi connectivity index (χ0) is 30.6. The molecule has 0 aliphatic heterocycles. The molecule has 3 atom stereocenters. The quantitative estimate of drug-likeness (QED) is 0.0754. The van der Waals surface area contributed by atoms with Crippen molar-refractivity contribution in [3.8, 4) is 11.1 Å². The molecule has 0 N–H and O–H groups in total. The van der Waals surface area contributed by atoms with Gasteiger partial charge in [-0.1, -0.05) is 152 Å². The third kappa shape index (κ3) is 5.93. The molecule has 0 aromatic heterocycles. The van der Waals surface area contributed by atoms with Crippen LogP contribution >= 0.6 is 7.92 Å². The lowest BCUT2D eigenvalue weighted by atomic mass is 9.83. The van der Waals surface area contributed by atoms with E-state index in [9.17, 15) is 0 Å². The van der Waals surface area contributed by atoms with E-state index >= 15 is 0 Å². The second-order valence-electron chi connectivity index (χ2n) is 12.3. The lowest BCUT2D eigenvalue weighted by molar-refractivity contribution is 0.660. The number of benzene rings is 5. The van der Waals surface area contributed by atoms with Crippen molar-refractivity contribution >= 4 is 40.3 Å². The summed E-state index contributed by atoms with van der Waals surface area (Å²) < 4.78 is 0. The van der Waals surface area contributed by atoms with Crippen LogP contribution in [0.3, 0.4) is 0 Å². The fourth-order valence-corrected chi connectivity index (χ4v) is 10.1. The van der Waals surface area contributed by atoms with Crippen LogP contribution in [0, 0.1) is 0 Å². The van der Waals surface area contributed by atoms with Gasteiger partial charge in [-0.05, 0) is 107 Å². The van der Waals surface area contributed by atoms with Gasteiger partial charge in [0.25, 0.3) is 0 Å². The minimum Gasteiger partial charge on any atom is -0.0876 e. The van der Waals surface area contributed by atoms with Crippen LogP contribution < -0.4 is 5.30 Å². The average molecular weight is 601 g/mol. The predicted molar refractivity (Wildman–Crippen MR) is 200 cm³/mol. The highest BCUT2D eigenvalue weighted by Crippen LogP contribution is 2.53. The van der Waals surface area contributed by atoms with Gasteiger partial charge in [0.1, 0.15) is 0 Å². The predicted octanol–water partition coefficient (Wildman–Crippen LogP) is 12.5. The topological polar surface area (TPSA) is 0 Å². The second-order valence-corrected chi connectivity index (χ2v) is 14.9. The molecule has 5 aromatic carbocycles. The number of rotatable bonds is 7. The van der Waals surface area contributed by atoms with Gasteiger partial charge in [-0.2, -0.15) is 0 Å². The van der Waals surface area contributed by atoms with E-state index in [1.54, 1.807) is 0 Å². The maximum atomic E-state index is 2.54. The molecule has 2 aliphatic rings. The minimum absolute atomic E-state index is 0.412. The van der Waals surface area contributed by atoms with Gasteiger partial charge in [0.15, 0.2) is 0 Å². The largest absolute Gasteiger partial charge is 0.0876 e. The first-order valence-corrected chi connectivity index (χ1v) is 17.9. The highest BCUT2D eigenvalue weighted by molar-refractivity contribution is 7.70. The molecule has 0 amide bonds. The van der Waals surface area contributed by atoms with E-state index < -0.39 is 7.92 Å². The molecule has 0 nitrogen and oxygen atoms in total. The fraction of sp³-hybridized carbons (Fsp3) is 0.182. The van der Waals surface area contributed by atoms with Crippen molar-refractivity contribution in [3.05, 3.63) is 168 Å². The summed E-state index contributed by atoms with van der Waals surface area (Å²) in [5, 5.41) is 8.31. The number of fused-ring (bicyclic) bond motifs is 2. The molecule has 0 fully saturated rings. The molecule has 0 bridgehead atoms. The smallest absolute Gasteiger partial charge is 0.00481 e. The summed E-state index contributed by atoms with van der Waals surface area (Å²) >= 11 is 0. The third-order valence-corrected chi connectivity index (χ3v) is 12.3. The van der Waals surface area contributed by atoms with Crippen molar-refractivity contribution in [2.75, 3.05) is 0 Å². The third-order valence-electron chi connectivity index (χ3n) is 9.43. The van der Waals surface area contributed by atoms with E-state index in [4.69, 9.17) is 0 Å². The Morgan fingerprint density at radius 1 is 0.711 bits per heavy atom. The molecule has 0 saturated heterocycles. The van der Waals surface area contributed by atoms with Gasteiger partial charge in [0.05, 0.1) is 0 Å². The lowest BCUT2D eigenvalue weighted by Gasteiger charge is -2.31. The lowest BCUT2D eigenvalue weighted by Crippen LogP contribution is -2.17. The van der Waals surface area contributed by atoms with E-state index in [-0.39, 0.29) is 0 Å². The van der Waals surface area contributed by atoms with E-state index in [2.05, 4.69) is 166 Å². The SMILES string of the molecule is C/C=C\C=C(/C)P(c1ccccc1)C1C=CC(c2cccc(-c3c4ccccc4c(C4=CCCC=C4)c4ccccc34)c2)CC1. The molecule has 7 rings (SSSR count). The molecule has 0 heterocycles. The molecule has 0 spiro atoms. The van der Waals surface area contributed by atoms with Gasteiger partial charge in [-0.25, -0.2) is 0 Å². The molecule has 45 heavy (non-hydrogen) atoms. The van der Waals surface area contributed by atoms with Gasteiger partial charge < -0.3 is 0 Å². The normalized spacial score (nSPS) is 19.3. The summed E-state index contributed by atoms with van der Waals surface area (Å²) in [6.45, 7) is 4.42. The minimum atomic E-state index is -0.412. The molecule has 3 unspecified atom stereocenters. The number of allylic oxidation sites excluding steroid dienone is 10. The van der Waals surface area contributed by atoms with E-state index in [0.29, 0.717) is 11.6 Å². The van der Waals surface area contributed by atoms with Crippen molar-refractivity contribution in [1.82, 2.24) is 0 Å². The Hall–Kier alpha value is -4.25. The van der Waals surface area contributed by atoms with Crippen LogP contribution in [0.1, 0.15) is 56.6 Å². The van der Waals surface area contributed by atoms with Gasteiger partial charge in [0, 0.05) is 11.6 Å². The summed E-state index contributed by atoms with van der Waals surface area (Å²) in [7, 11) is -0.412. The molecule has 5 aromatic rings. The van der Waals surface area contributed by atoms with Crippen LogP contribution in [0.25, 0.3) is 38.2 Å². The summed E-state index contributed by atoms with van der Waals surface area (Å²) in [5.74, 6) is 0.433. The van der Waals surface area contributed by atoms with E-state index in [1.807, 2.05) is 0 Å². The zero-order valence-electron chi connectivity index (χ0n) is 26.4. The van der Waals surface area contributed by atoms with Crippen LogP contribution in [-0.2, 0) is 0 Å². The van der Waals surface area contributed by atoms with Crippen LogP contribution in [0.2, 0.25) is 0 Å². The van der Waals surface area contributed by atoms with Crippen molar-refractivity contribution in [3.63, 3.8) is 0 Å². The highest BCUT2D eigenvalue weighted by atomic mass is 31.1. The maximum absolute atomic E-state index is 2.54. The molecule has 0 saturated carbocycles. The van der Waals surface area contributed by atoms with Crippen LogP contribution in [0.5, 0.6) is 0 Å². The maximum Gasteiger partial charge on any atom is 0.00481 e. The molecule has 2 aliphatic carbocycles. The van der Waals surface area contributed by atoms with Gasteiger partial charge in [-0.15, -0.1) is 0 Å². The van der Waals surface area contributed by atoms with Crippen molar-refractivity contribution in [2.24, 2.45) is 0 Å². The Morgan fingerprint density at radius 3 is 2.02 bits per heavy atom. The van der Waals surface area contributed by atoms with Gasteiger partial charge in [-0.3, -0.25) is 0 Å². The molecular weight excluding hydrogens is 559 g/mol. The number of hydrogen-bond donors (Lipinski definition) is 0. The fourth-order valence-electron chi connectivity index (χ4n) is 7.33. The first-order chi connectivity index (χ1) is 22.2. The van der Waals surface area contributed by atoms with Crippen LogP contribution in [0.4, 0.5) is 0 Å². The Bertz CT molecular complexity index is 1930. The van der Waals surface area contributed by atoms with E-state index in [0.717, 1.165) is 12.8 Å². The van der Waals surface area contributed by atoms with Crippen molar-refractivity contribution in [2.45, 2.75) is 51.1 Å². The standard InChI is InChI=1S/C44H41P/c1-3-4-16-32(2)45(37-21-9-6-10-22-37)38-29-27-33(28-30-38)35-19-15-20-36(31-35)44-41-25-13-11-23-39(41)43(34-17-7-5-8-18-34)40-24-12-14-26-42(40)44/h3-4,6-7,9-27,29,31,33,38H,5,8,28,30H2,1-2H3/b4-3-,32-16+. The monoisotopic (exact) mass is 600 g/mol. The van der Waals surface area contributed by atoms with Crippen molar-refractivity contribution in [1.29, 1.82) is 0 Å². The highest BCUT2D eigenvalue weighted by Gasteiger charge is 2.27. The van der Waals surface area contributed by atoms with Crippen LogP contribution in [-0.4, -0.2) is 5.66 Å². The Labute approximate surface area is 270 Å². The first kappa shape index (κ1) is 29.5. The molecular formula is C44H41P. The Balaban J connectivity index is 1.28. The van der Waals surface area contributed by atoms with E-state index in [1.165, 1.54) is 72.8 Å². The summed E-state index contributed by atoms with van der Waals surface area (Å²) in [4.78, 5) is 0. The van der Waals surface area contributed by atoms with Crippen molar-refractivity contribution < 1.29 is 0 Å². The first-order valence-electron chi connectivity index (χ1n) is 16.5. The molecule has 0 radical (unpaired) electrons. The average Bonchev–Trinajstić information content (AvgIpc) is 3.11. The zero-order valence-corrected chi connectivity index (χ0v) is 27.3.